The zero-order chi connectivity index (χ0) is 19.1. The molecule has 3 aromatic rings. The average molecular weight is 377 g/mol. The summed E-state index contributed by atoms with van der Waals surface area (Å²) < 4.78 is 17.4. The lowest BCUT2D eigenvalue weighted by Crippen LogP contribution is -2.42. The quantitative estimate of drug-likeness (QED) is 0.695. The van der Waals surface area contributed by atoms with Gasteiger partial charge in [-0.2, -0.15) is 0 Å². The summed E-state index contributed by atoms with van der Waals surface area (Å²) in [5.74, 6) is 1.53. The zero-order valence-corrected chi connectivity index (χ0v) is 15.9. The van der Waals surface area contributed by atoms with Crippen molar-refractivity contribution in [2.75, 3.05) is 20.2 Å². The molecule has 1 aromatic heterocycles. The number of fused-ring (bicyclic) bond motifs is 3. The van der Waals surface area contributed by atoms with Crippen LogP contribution in [0.3, 0.4) is 0 Å². The van der Waals surface area contributed by atoms with Crippen molar-refractivity contribution in [3.63, 3.8) is 0 Å². The van der Waals surface area contributed by atoms with Crippen molar-refractivity contribution >= 4 is 16.9 Å². The predicted molar refractivity (Wildman–Crippen MR) is 106 cm³/mol. The number of para-hydroxylation sites is 2. The summed E-state index contributed by atoms with van der Waals surface area (Å²) in [7, 11) is 1.81. The Kier molecular flexibility index (Phi) is 4.23. The van der Waals surface area contributed by atoms with E-state index >= 15 is 0 Å². The Labute approximate surface area is 163 Å². The average Bonchev–Trinajstić information content (AvgIpc) is 3.32. The maximum atomic E-state index is 12.8. The van der Waals surface area contributed by atoms with Crippen molar-refractivity contribution in [3.8, 4) is 11.5 Å². The van der Waals surface area contributed by atoms with E-state index in [1.807, 2.05) is 31.3 Å². The third kappa shape index (κ3) is 3.11. The lowest BCUT2D eigenvalue weighted by atomic mass is 10.0. The molecule has 1 atom stereocenters. The Morgan fingerprint density at radius 2 is 1.93 bits per heavy atom. The van der Waals surface area contributed by atoms with Crippen LogP contribution in [-0.4, -0.2) is 37.1 Å². The summed E-state index contributed by atoms with van der Waals surface area (Å²) >= 11 is 0. The number of hydrogen-bond donors (Lipinski definition) is 0. The molecule has 2 aromatic carbocycles. The van der Waals surface area contributed by atoms with Crippen molar-refractivity contribution in [2.45, 2.75) is 31.8 Å². The van der Waals surface area contributed by atoms with Crippen molar-refractivity contribution in [1.82, 2.24) is 4.90 Å². The van der Waals surface area contributed by atoms with Crippen LogP contribution >= 0.6 is 0 Å². The van der Waals surface area contributed by atoms with Crippen molar-refractivity contribution in [2.24, 2.45) is 0 Å². The largest absolute Gasteiger partial charge is 0.486 e. The number of benzene rings is 2. The molecule has 2 heterocycles. The first-order valence-electron chi connectivity index (χ1n) is 9.82. The van der Waals surface area contributed by atoms with E-state index < -0.39 is 0 Å². The first-order chi connectivity index (χ1) is 13.7. The minimum Gasteiger partial charge on any atom is -0.486 e. The first kappa shape index (κ1) is 17.2. The first-order valence-corrected chi connectivity index (χ1v) is 9.82. The Balaban J connectivity index is 1.26. The summed E-state index contributed by atoms with van der Waals surface area (Å²) in [6.07, 6.45) is 5.31. The van der Waals surface area contributed by atoms with E-state index in [9.17, 15) is 4.79 Å². The van der Waals surface area contributed by atoms with Gasteiger partial charge in [0, 0.05) is 18.0 Å². The van der Waals surface area contributed by atoms with E-state index in [-0.39, 0.29) is 12.0 Å². The molecule has 0 fully saturated rings. The smallest absolute Gasteiger partial charge is 0.227 e. The number of rotatable bonds is 4. The number of carbonyl (C=O) groups is 1. The molecule has 144 valence electrons. The van der Waals surface area contributed by atoms with E-state index in [2.05, 4.69) is 12.1 Å². The Bertz CT molecular complexity index is 1040. The normalized spacial score (nSPS) is 17.5. The summed E-state index contributed by atoms with van der Waals surface area (Å²) in [4.78, 5) is 14.5. The molecular formula is C23H23NO4. The Hall–Kier alpha value is -2.95. The molecule has 1 unspecified atom stereocenters. The van der Waals surface area contributed by atoms with Crippen LogP contribution < -0.4 is 9.47 Å². The number of amides is 1. The summed E-state index contributed by atoms with van der Waals surface area (Å²) in [6.45, 7) is 0.924. The number of carbonyl (C=O) groups excluding carboxylic acids is 1. The van der Waals surface area contributed by atoms with E-state index in [1.165, 1.54) is 17.5 Å². The zero-order valence-electron chi connectivity index (χ0n) is 15.9. The molecule has 0 spiro atoms. The van der Waals surface area contributed by atoms with Crippen LogP contribution in [0.2, 0.25) is 0 Å². The Morgan fingerprint density at radius 1 is 1.14 bits per heavy atom. The van der Waals surface area contributed by atoms with Crippen molar-refractivity contribution in [3.05, 3.63) is 59.4 Å². The van der Waals surface area contributed by atoms with E-state index in [4.69, 9.17) is 13.9 Å². The molecule has 5 heteroatoms. The number of aryl methyl sites for hydroxylation is 2. The minimum absolute atomic E-state index is 0.0469. The molecule has 0 bridgehead atoms. The van der Waals surface area contributed by atoms with Gasteiger partial charge in [-0.1, -0.05) is 12.1 Å². The lowest BCUT2D eigenvalue weighted by molar-refractivity contribution is -0.130. The summed E-state index contributed by atoms with van der Waals surface area (Å²) in [5.41, 5.74) is 4.60. The van der Waals surface area contributed by atoms with Gasteiger partial charge in [0.05, 0.1) is 19.2 Å². The van der Waals surface area contributed by atoms with Crippen molar-refractivity contribution < 1.29 is 18.7 Å². The molecule has 28 heavy (non-hydrogen) atoms. The number of ether oxygens (including phenoxy) is 2. The molecule has 2 aliphatic rings. The van der Waals surface area contributed by atoms with Crippen molar-refractivity contribution in [1.29, 1.82) is 0 Å². The van der Waals surface area contributed by atoms with Gasteiger partial charge in [0.25, 0.3) is 0 Å². The van der Waals surface area contributed by atoms with E-state index in [1.54, 1.807) is 11.2 Å². The van der Waals surface area contributed by atoms with Crippen LogP contribution in [0, 0.1) is 0 Å². The third-order valence-electron chi connectivity index (χ3n) is 5.68. The van der Waals surface area contributed by atoms with Gasteiger partial charge in [-0.25, -0.2) is 0 Å². The Morgan fingerprint density at radius 3 is 2.79 bits per heavy atom. The van der Waals surface area contributed by atoms with Crippen LogP contribution in [0.5, 0.6) is 11.5 Å². The van der Waals surface area contributed by atoms with Gasteiger partial charge in [0.15, 0.2) is 17.6 Å². The monoisotopic (exact) mass is 377 g/mol. The fraction of sp³-hybridized carbons (Fsp3) is 0.348. The van der Waals surface area contributed by atoms with Crippen LogP contribution in [0.1, 0.15) is 23.1 Å². The second kappa shape index (κ2) is 6.89. The highest BCUT2D eigenvalue weighted by molar-refractivity contribution is 5.88. The van der Waals surface area contributed by atoms with E-state index in [0.717, 1.165) is 40.9 Å². The van der Waals surface area contributed by atoms with Crippen LogP contribution in [0.15, 0.2) is 47.1 Å². The molecular weight excluding hydrogens is 354 g/mol. The second-order valence-corrected chi connectivity index (χ2v) is 7.68. The standard InChI is InChI=1S/C23H23NO4/c1-24(12-18-14-27-20-7-2-3-8-21(20)28-18)23(25)11-17-13-26-22-10-16-6-4-5-15(16)9-19(17)22/h2-3,7-10,13,18H,4-6,11-12,14H2,1H3. The van der Waals surface area contributed by atoms with Crippen LogP contribution in [0.25, 0.3) is 11.0 Å². The molecule has 1 aliphatic heterocycles. The molecule has 0 saturated carbocycles. The van der Waals surface area contributed by atoms with Crippen LogP contribution in [0.4, 0.5) is 0 Å². The highest BCUT2D eigenvalue weighted by Crippen LogP contribution is 2.32. The number of furan rings is 1. The number of likely N-dealkylation sites (N-methyl/N-ethyl adjacent to an activating group) is 1. The van der Waals surface area contributed by atoms with Gasteiger partial charge in [-0.15, -0.1) is 0 Å². The lowest BCUT2D eigenvalue weighted by Gasteiger charge is -2.29. The van der Waals surface area contributed by atoms with Crippen LogP contribution in [-0.2, 0) is 24.1 Å². The maximum Gasteiger partial charge on any atom is 0.227 e. The van der Waals surface area contributed by atoms with Gasteiger partial charge in [0.1, 0.15) is 12.2 Å². The fourth-order valence-corrected chi connectivity index (χ4v) is 4.14. The molecule has 1 amide bonds. The molecule has 1 aliphatic carbocycles. The van der Waals surface area contributed by atoms with Gasteiger partial charge >= 0.3 is 0 Å². The molecule has 0 radical (unpaired) electrons. The highest BCUT2D eigenvalue weighted by Gasteiger charge is 2.24. The summed E-state index contributed by atoms with van der Waals surface area (Å²) in [6, 6.07) is 12.0. The molecule has 5 rings (SSSR count). The minimum atomic E-state index is -0.173. The topological polar surface area (TPSA) is 51.9 Å². The molecule has 5 nitrogen and oxygen atoms in total. The van der Waals surface area contributed by atoms with E-state index in [0.29, 0.717) is 19.6 Å². The van der Waals surface area contributed by atoms with Gasteiger partial charge < -0.3 is 18.8 Å². The predicted octanol–water partition coefficient (Wildman–Crippen LogP) is 3.76. The molecule has 0 N–H and O–H groups in total. The maximum absolute atomic E-state index is 12.8. The number of hydrogen-bond acceptors (Lipinski definition) is 4. The summed E-state index contributed by atoms with van der Waals surface area (Å²) in [5, 5.41) is 1.06. The SMILES string of the molecule is CN(CC1COc2ccccc2O1)C(=O)Cc1coc2cc3c(cc12)CCC3. The fourth-order valence-electron chi connectivity index (χ4n) is 4.14. The number of nitrogens with zero attached hydrogens (tertiary/aromatic N) is 1. The van der Waals surface area contributed by atoms with Gasteiger partial charge in [-0.05, 0) is 54.7 Å². The highest BCUT2D eigenvalue weighted by atomic mass is 16.6. The molecule has 0 saturated heterocycles. The van der Waals surface area contributed by atoms with Gasteiger partial charge in [-0.3, -0.25) is 4.79 Å². The second-order valence-electron chi connectivity index (χ2n) is 7.68. The van der Waals surface area contributed by atoms with Gasteiger partial charge in [0.2, 0.25) is 5.91 Å². The third-order valence-corrected chi connectivity index (χ3v) is 5.68.